The Morgan fingerprint density at radius 2 is 1.71 bits per heavy atom. The average Bonchev–Trinajstić information content (AvgIpc) is 1.33. The summed E-state index contributed by atoms with van der Waals surface area (Å²) >= 11 is 1.37. The number of rotatable bonds is 0. The van der Waals surface area contributed by atoms with E-state index < -0.39 is 6.16 Å². The molecular weight excluding hydrogens is 107 g/mol. The molecule has 0 amide bonds. The van der Waals surface area contributed by atoms with E-state index in [0.29, 0.717) is 0 Å². The Morgan fingerprint density at radius 3 is 1.71 bits per heavy atom. The molecule has 2 N–H and O–H groups in total. The van der Waals surface area contributed by atoms with Gasteiger partial charge >= 0.3 is 44.7 Å². The molecule has 38 valence electrons. The van der Waals surface area contributed by atoms with E-state index in [1.807, 2.05) is 0 Å². The molecule has 4 heteroatoms. The Labute approximate surface area is 59.8 Å². The van der Waals surface area contributed by atoms with Gasteiger partial charge in [-0.2, -0.15) is 0 Å². The van der Waals surface area contributed by atoms with E-state index in [0.717, 1.165) is 0 Å². The third kappa shape index (κ3) is 1570. The van der Waals surface area contributed by atoms with Crippen LogP contribution in [-0.2, 0) is 0 Å². The quantitative estimate of drug-likeness (QED) is 0.458. The summed E-state index contributed by atoms with van der Waals surface area (Å²) in [5.74, 6) is 0. The summed E-state index contributed by atoms with van der Waals surface area (Å²) in [7, 11) is 0. The summed E-state index contributed by atoms with van der Waals surface area (Å²) < 4.78 is 1.39. The minimum Gasteiger partial charge on any atom is -0.450 e. The summed E-state index contributed by atoms with van der Waals surface area (Å²) in [6.45, 7) is 2.19. The Hall–Kier alpha value is 0.270. The molecular formula is C3H7NaO3. The van der Waals surface area contributed by atoms with Gasteiger partial charge in [0.25, 0.3) is 0 Å². The van der Waals surface area contributed by atoms with Gasteiger partial charge in [0.1, 0.15) is 0 Å². The summed E-state index contributed by atoms with van der Waals surface area (Å²) in [5.41, 5.74) is 0. The van der Waals surface area contributed by atoms with Gasteiger partial charge in [0.15, 0.2) is 0 Å². The van der Waals surface area contributed by atoms with Crippen LogP contribution in [-0.4, -0.2) is 44.3 Å². The fourth-order valence-corrected chi connectivity index (χ4v) is 0. The van der Waals surface area contributed by atoms with E-state index in [1.54, 1.807) is 0 Å². The zero-order valence-corrected chi connectivity index (χ0v) is 6.51. The largest absolute Gasteiger partial charge is 0.503 e. The first-order valence-corrected chi connectivity index (χ1v) is 3.48. The van der Waals surface area contributed by atoms with E-state index in [9.17, 15) is 0 Å². The second kappa shape index (κ2) is 9.55. The molecule has 0 spiro atoms. The van der Waals surface area contributed by atoms with Gasteiger partial charge < -0.3 is 10.2 Å². The van der Waals surface area contributed by atoms with Crippen LogP contribution in [0.2, 0.25) is 3.67 Å². The standard InChI is InChI=1S/C2H5.CH2O3.Na/c1-2;2-1(3)4;/h1H2,2H3;(H2,2,3,4);. The predicted molar refractivity (Wildman–Crippen MR) is 26.9 cm³/mol. The van der Waals surface area contributed by atoms with E-state index in [2.05, 4.69) is 6.92 Å². The first-order chi connectivity index (χ1) is 3.15. The molecule has 0 unspecified atom stereocenters. The van der Waals surface area contributed by atoms with Crippen LogP contribution in [0.15, 0.2) is 0 Å². The fraction of sp³-hybridized carbons (Fsp3) is 0.667. The zero-order valence-electron chi connectivity index (χ0n) is 4.51. The van der Waals surface area contributed by atoms with Crippen LogP contribution in [0.25, 0.3) is 0 Å². The first kappa shape index (κ1) is 10.3. The Kier molecular flexibility index (Phi) is 14.0. The minimum atomic E-state index is -1.83. The molecule has 0 aromatic rings. The number of carboxylic acid groups (broad SMARTS) is 2. The maximum Gasteiger partial charge on any atom is 0.503 e. The first-order valence-electron chi connectivity index (χ1n) is 2.07. The Morgan fingerprint density at radius 1 is 1.71 bits per heavy atom. The predicted octanol–water partition coefficient (Wildman–Crippen LogP) is 0.815. The molecule has 0 aromatic heterocycles. The summed E-state index contributed by atoms with van der Waals surface area (Å²) in [6, 6.07) is 0. The van der Waals surface area contributed by atoms with Crippen LogP contribution < -0.4 is 0 Å². The molecule has 0 saturated heterocycles. The molecule has 0 saturated carbocycles. The second-order valence-corrected chi connectivity index (χ2v) is 2.40. The third-order valence-electron chi connectivity index (χ3n) is 0. The molecule has 0 aliphatic heterocycles. The van der Waals surface area contributed by atoms with Gasteiger partial charge in [-0.1, -0.05) is 0 Å². The van der Waals surface area contributed by atoms with E-state index >= 15 is 0 Å². The van der Waals surface area contributed by atoms with Crippen molar-refractivity contribution in [1.82, 2.24) is 0 Å². The average molecular weight is 114 g/mol. The topological polar surface area (TPSA) is 57.5 Å². The molecule has 0 fully saturated rings. The van der Waals surface area contributed by atoms with Crippen molar-refractivity contribution in [1.29, 1.82) is 0 Å². The maximum absolute atomic E-state index is 8.56. The number of hydrogen-bond donors (Lipinski definition) is 2. The van der Waals surface area contributed by atoms with Crippen LogP contribution >= 0.6 is 0 Å². The van der Waals surface area contributed by atoms with E-state index in [-0.39, 0.29) is 0 Å². The van der Waals surface area contributed by atoms with Crippen molar-refractivity contribution in [2.75, 3.05) is 0 Å². The number of hydrogen-bond acceptors (Lipinski definition) is 1. The second-order valence-electron chi connectivity index (χ2n) is 0.990. The van der Waals surface area contributed by atoms with Gasteiger partial charge in [0.2, 0.25) is 0 Å². The van der Waals surface area contributed by atoms with Crippen molar-refractivity contribution in [2.45, 2.75) is 10.6 Å². The van der Waals surface area contributed by atoms with Crippen LogP contribution in [0, 0.1) is 0 Å². The summed E-state index contributed by atoms with van der Waals surface area (Å²) in [4.78, 5) is 8.56. The van der Waals surface area contributed by atoms with Crippen molar-refractivity contribution in [3.8, 4) is 0 Å². The van der Waals surface area contributed by atoms with Crippen molar-refractivity contribution in [3.63, 3.8) is 0 Å². The van der Waals surface area contributed by atoms with Gasteiger partial charge in [0, 0.05) is 0 Å². The van der Waals surface area contributed by atoms with Crippen LogP contribution in [0.1, 0.15) is 6.92 Å². The van der Waals surface area contributed by atoms with Crippen LogP contribution in [0.5, 0.6) is 0 Å². The fourth-order valence-electron chi connectivity index (χ4n) is 0. The van der Waals surface area contributed by atoms with Gasteiger partial charge in [-0.15, -0.1) is 0 Å². The summed E-state index contributed by atoms with van der Waals surface area (Å²) in [6.07, 6.45) is -1.83. The molecule has 3 nitrogen and oxygen atoms in total. The van der Waals surface area contributed by atoms with Gasteiger partial charge in [-0.05, 0) is 0 Å². The monoisotopic (exact) mass is 114 g/mol. The molecule has 0 atom stereocenters. The molecule has 0 radical (unpaired) electrons. The van der Waals surface area contributed by atoms with Crippen LogP contribution in [0.4, 0.5) is 4.79 Å². The SMILES string of the molecule is C[CH2][Na].O=C(O)O. The molecule has 0 aliphatic carbocycles. The Balaban J connectivity index is 0. The van der Waals surface area contributed by atoms with Crippen molar-refractivity contribution >= 4 is 34.1 Å². The van der Waals surface area contributed by atoms with Gasteiger partial charge in [-0.25, -0.2) is 4.79 Å². The molecule has 0 rings (SSSR count). The van der Waals surface area contributed by atoms with E-state index in [1.165, 1.54) is 31.6 Å². The number of carbonyl (C=O) groups is 1. The maximum atomic E-state index is 8.56. The molecule has 0 bridgehead atoms. The third-order valence-corrected chi connectivity index (χ3v) is 0. The molecule has 0 aliphatic rings. The van der Waals surface area contributed by atoms with Crippen molar-refractivity contribution in [3.05, 3.63) is 0 Å². The summed E-state index contributed by atoms with van der Waals surface area (Å²) in [5, 5.41) is 13.9. The molecule has 0 aromatic carbocycles. The van der Waals surface area contributed by atoms with Crippen molar-refractivity contribution in [2.24, 2.45) is 0 Å². The minimum absolute atomic E-state index is 1.37. The normalized spacial score (nSPS) is 6.14. The Bertz CT molecular complexity index is 41.4. The van der Waals surface area contributed by atoms with E-state index in [4.69, 9.17) is 15.0 Å². The van der Waals surface area contributed by atoms with Crippen LogP contribution in [0.3, 0.4) is 0 Å². The molecule has 0 heterocycles. The smallest absolute Gasteiger partial charge is 0.450 e. The molecule has 7 heavy (non-hydrogen) atoms. The zero-order chi connectivity index (χ0) is 6.28. The van der Waals surface area contributed by atoms with Gasteiger partial charge in [0.05, 0.1) is 0 Å². The van der Waals surface area contributed by atoms with Crippen molar-refractivity contribution < 1.29 is 15.0 Å². The van der Waals surface area contributed by atoms with Gasteiger partial charge in [-0.3, -0.25) is 0 Å².